The van der Waals surface area contributed by atoms with Gasteiger partial charge in [0, 0.05) is 25.1 Å². The molecule has 2 aliphatic heterocycles. The van der Waals surface area contributed by atoms with Crippen LogP contribution >= 0.6 is 23.2 Å². The molecule has 1 fully saturated rings. The molecule has 1 saturated heterocycles. The molecule has 9 heteroatoms. The number of halogens is 3. The maximum absolute atomic E-state index is 13.1. The molecule has 4 rings (SSSR count). The van der Waals surface area contributed by atoms with Crippen LogP contribution in [0.1, 0.15) is 10.4 Å². The lowest BCUT2D eigenvalue weighted by molar-refractivity contribution is -0.118. The summed E-state index contributed by atoms with van der Waals surface area (Å²) in [6.45, 7) is 1.27. The van der Waals surface area contributed by atoms with Crippen molar-refractivity contribution in [3.05, 3.63) is 51.8 Å². The molecule has 0 aliphatic carbocycles. The largest absolute Gasteiger partial charge is 0.492 e. The second-order valence-corrected chi connectivity index (χ2v) is 7.44. The predicted octanol–water partition coefficient (Wildman–Crippen LogP) is 3.61. The number of anilines is 1. The van der Waals surface area contributed by atoms with Gasteiger partial charge in [0.25, 0.3) is 11.8 Å². The molecule has 0 aromatic heterocycles. The van der Waals surface area contributed by atoms with Crippen LogP contribution in [0.2, 0.25) is 10.0 Å². The van der Waals surface area contributed by atoms with Gasteiger partial charge in [-0.25, -0.2) is 4.39 Å². The number of fused-ring (bicyclic) bond motifs is 1. The number of benzene rings is 2. The van der Waals surface area contributed by atoms with E-state index in [1.165, 1.54) is 30.3 Å². The molecule has 2 aliphatic rings. The van der Waals surface area contributed by atoms with Crippen LogP contribution in [0.4, 0.5) is 10.1 Å². The lowest BCUT2D eigenvalue weighted by atomic mass is 9.99. The predicted molar refractivity (Wildman–Crippen MR) is 102 cm³/mol. The molecule has 0 radical (unpaired) electrons. The summed E-state index contributed by atoms with van der Waals surface area (Å²) in [4.78, 5) is 25.8. The Bertz CT molecular complexity index is 963. The zero-order valence-corrected chi connectivity index (χ0v) is 16.0. The number of nitrogens with one attached hydrogen (secondary N) is 1. The number of ether oxygens (including phenoxy) is 2. The second kappa shape index (κ2) is 7.48. The minimum absolute atomic E-state index is 0.0809. The van der Waals surface area contributed by atoms with Gasteiger partial charge in [-0.2, -0.15) is 0 Å². The Morgan fingerprint density at radius 2 is 2.04 bits per heavy atom. The van der Waals surface area contributed by atoms with E-state index in [2.05, 4.69) is 5.32 Å². The van der Waals surface area contributed by atoms with Gasteiger partial charge in [0.15, 0.2) is 6.61 Å². The molecule has 28 heavy (non-hydrogen) atoms. The molecule has 0 saturated carbocycles. The Hall–Kier alpha value is -2.51. The van der Waals surface area contributed by atoms with Gasteiger partial charge in [0.2, 0.25) is 0 Å². The fourth-order valence-corrected chi connectivity index (χ4v) is 3.53. The zero-order chi connectivity index (χ0) is 19.8. The van der Waals surface area contributed by atoms with Crippen LogP contribution in [0.5, 0.6) is 11.5 Å². The van der Waals surface area contributed by atoms with Crippen molar-refractivity contribution in [2.24, 2.45) is 5.92 Å². The molecule has 0 spiro atoms. The Morgan fingerprint density at radius 1 is 1.25 bits per heavy atom. The lowest BCUT2D eigenvalue weighted by Gasteiger charge is -2.39. The molecule has 2 aromatic carbocycles. The van der Waals surface area contributed by atoms with Crippen molar-refractivity contribution in [2.45, 2.75) is 0 Å². The Kier molecular flexibility index (Phi) is 5.03. The van der Waals surface area contributed by atoms with Crippen LogP contribution in [0.25, 0.3) is 0 Å². The van der Waals surface area contributed by atoms with Crippen molar-refractivity contribution in [3.63, 3.8) is 0 Å². The topological polar surface area (TPSA) is 67.9 Å². The van der Waals surface area contributed by atoms with Crippen LogP contribution in [-0.2, 0) is 4.79 Å². The van der Waals surface area contributed by atoms with E-state index in [1.807, 2.05) is 0 Å². The van der Waals surface area contributed by atoms with Crippen LogP contribution in [0, 0.1) is 11.7 Å². The minimum atomic E-state index is -0.429. The van der Waals surface area contributed by atoms with Crippen LogP contribution in [-0.4, -0.2) is 43.0 Å². The van der Waals surface area contributed by atoms with Crippen LogP contribution < -0.4 is 14.8 Å². The number of hydrogen-bond donors (Lipinski definition) is 1. The van der Waals surface area contributed by atoms with Gasteiger partial charge in [0.1, 0.15) is 17.3 Å². The molecule has 146 valence electrons. The quantitative estimate of drug-likeness (QED) is 0.813. The van der Waals surface area contributed by atoms with E-state index in [9.17, 15) is 14.0 Å². The normalized spacial score (nSPS) is 16.0. The van der Waals surface area contributed by atoms with E-state index in [-0.39, 0.29) is 34.4 Å². The first-order valence-electron chi connectivity index (χ1n) is 8.54. The minimum Gasteiger partial charge on any atom is -0.492 e. The maximum atomic E-state index is 13.1. The first kappa shape index (κ1) is 18.8. The van der Waals surface area contributed by atoms with Gasteiger partial charge in [-0.1, -0.05) is 23.2 Å². The molecular weight excluding hydrogens is 410 g/mol. The highest BCUT2D eigenvalue weighted by atomic mass is 35.5. The lowest BCUT2D eigenvalue weighted by Crippen LogP contribution is -2.52. The standard InChI is InChI=1S/C19H15Cl2FN2O4/c20-13-5-17-15(23-18(25)9-28-17)4-12(13)19(26)24-6-10(7-24)8-27-16-2-1-11(22)3-14(16)21/h1-5,10H,6-9H2,(H,23,25). The number of likely N-dealkylation sites (tertiary alicyclic amines) is 1. The van der Waals surface area contributed by atoms with Crippen molar-refractivity contribution in [3.8, 4) is 11.5 Å². The van der Waals surface area contributed by atoms with Crippen molar-refractivity contribution < 1.29 is 23.5 Å². The molecular formula is C19H15Cl2FN2O4. The molecule has 2 amide bonds. The SMILES string of the molecule is O=C1COc2cc(Cl)c(C(=O)N3CC(COc4ccc(F)cc4Cl)C3)cc2N1. The molecule has 0 atom stereocenters. The van der Waals surface area contributed by atoms with Gasteiger partial charge in [-0.15, -0.1) is 0 Å². The van der Waals surface area contributed by atoms with Crippen LogP contribution in [0.3, 0.4) is 0 Å². The third-order valence-corrected chi connectivity index (χ3v) is 5.15. The van der Waals surface area contributed by atoms with E-state index in [0.717, 1.165) is 0 Å². The van der Waals surface area contributed by atoms with Crippen LogP contribution in [0.15, 0.2) is 30.3 Å². The molecule has 0 unspecified atom stereocenters. The van der Waals surface area contributed by atoms with Gasteiger partial charge < -0.3 is 19.7 Å². The average Bonchev–Trinajstić information content (AvgIpc) is 2.61. The Morgan fingerprint density at radius 3 is 2.79 bits per heavy atom. The smallest absolute Gasteiger partial charge is 0.262 e. The van der Waals surface area contributed by atoms with E-state index in [4.69, 9.17) is 32.7 Å². The van der Waals surface area contributed by atoms with Gasteiger partial charge in [-0.3, -0.25) is 9.59 Å². The van der Waals surface area contributed by atoms with E-state index < -0.39 is 5.82 Å². The Labute approximate surface area is 170 Å². The number of rotatable bonds is 4. The van der Waals surface area contributed by atoms with Crippen molar-refractivity contribution in [1.29, 1.82) is 0 Å². The number of carbonyl (C=O) groups excluding carboxylic acids is 2. The number of hydrogen-bond acceptors (Lipinski definition) is 4. The molecule has 1 N–H and O–H groups in total. The summed E-state index contributed by atoms with van der Waals surface area (Å²) in [6, 6.07) is 6.99. The first-order valence-corrected chi connectivity index (χ1v) is 9.29. The fourth-order valence-electron chi connectivity index (χ4n) is 3.08. The monoisotopic (exact) mass is 424 g/mol. The molecule has 2 aromatic rings. The number of nitrogens with zero attached hydrogens (tertiary/aromatic N) is 1. The summed E-state index contributed by atoms with van der Waals surface area (Å²) in [7, 11) is 0. The zero-order valence-electron chi connectivity index (χ0n) is 14.5. The molecule has 2 heterocycles. The van der Waals surface area contributed by atoms with Gasteiger partial charge in [-0.05, 0) is 24.3 Å². The van der Waals surface area contributed by atoms with Gasteiger partial charge in [0.05, 0.1) is 27.9 Å². The summed E-state index contributed by atoms with van der Waals surface area (Å²) in [5.74, 6) is 0.0249. The van der Waals surface area contributed by atoms with Crippen molar-refractivity contribution in [2.75, 3.05) is 31.6 Å². The first-order chi connectivity index (χ1) is 13.4. The summed E-state index contributed by atoms with van der Waals surface area (Å²) in [5, 5.41) is 3.13. The Balaban J connectivity index is 1.36. The molecule has 0 bridgehead atoms. The third kappa shape index (κ3) is 3.72. The maximum Gasteiger partial charge on any atom is 0.262 e. The van der Waals surface area contributed by atoms with Crippen molar-refractivity contribution in [1.82, 2.24) is 4.90 Å². The fraction of sp³-hybridized carbons (Fsp3) is 0.263. The van der Waals surface area contributed by atoms with E-state index >= 15 is 0 Å². The summed E-state index contributed by atoms with van der Waals surface area (Å²) >= 11 is 12.1. The van der Waals surface area contributed by atoms with E-state index in [1.54, 1.807) is 4.90 Å². The summed E-state index contributed by atoms with van der Waals surface area (Å²) in [5.41, 5.74) is 0.725. The van der Waals surface area contributed by atoms with Crippen molar-refractivity contribution >= 4 is 40.7 Å². The number of amides is 2. The van der Waals surface area contributed by atoms with Gasteiger partial charge >= 0.3 is 0 Å². The highest BCUT2D eigenvalue weighted by molar-refractivity contribution is 6.34. The number of carbonyl (C=O) groups is 2. The third-order valence-electron chi connectivity index (χ3n) is 4.55. The summed E-state index contributed by atoms with van der Waals surface area (Å²) in [6.07, 6.45) is 0. The molecule has 6 nitrogen and oxygen atoms in total. The summed E-state index contributed by atoms with van der Waals surface area (Å²) < 4.78 is 24.0. The highest BCUT2D eigenvalue weighted by Gasteiger charge is 2.33. The van der Waals surface area contributed by atoms with E-state index in [0.29, 0.717) is 42.4 Å². The average molecular weight is 425 g/mol. The highest BCUT2D eigenvalue weighted by Crippen LogP contribution is 2.35. The second-order valence-electron chi connectivity index (χ2n) is 6.63.